The molecule has 2 N–H and O–H groups in total. The highest BCUT2D eigenvalue weighted by molar-refractivity contribution is 7.47. The third-order valence-corrected chi connectivity index (χ3v) is 8.77. The van der Waals surface area contributed by atoms with Crippen LogP contribution < -0.4 is 0 Å². The lowest BCUT2D eigenvalue weighted by Gasteiger charge is -2.24. The first-order chi connectivity index (χ1) is 23.2. The fraction of sp³-hybridized carbons (Fsp3) is 0.833. The van der Waals surface area contributed by atoms with E-state index in [1.165, 1.54) is 57.8 Å². The van der Waals surface area contributed by atoms with Crippen LogP contribution in [0.1, 0.15) is 142 Å². The minimum Gasteiger partial charge on any atom is -0.481 e. The number of ketones is 1. The molecule has 0 aromatic heterocycles. The normalized spacial score (nSPS) is 13.7. The molecule has 0 aliphatic heterocycles. The predicted molar refractivity (Wildman–Crippen MR) is 190 cm³/mol. The monoisotopic (exact) mass is 720 g/mol. The number of carboxylic acid groups (broad SMARTS) is 1. The summed E-state index contributed by atoms with van der Waals surface area (Å²) in [5, 5.41) is 8.64. The molecule has 0 spiro atoms. The topological polar surface area (TPSA) is 163 Å². The van der Waals surface area contributed by atoms with E-state index in [0.29, 0.717) is 36.7 Å². The SMILES string of the molecule is CCCCCCCCCCCCCCCC(=O)OCC(COP(=O)(O)OCC[N+](C)(C)C)OC(=O)CCCCC=CCC(=O)CCC(=O)O. The Hall–Kier alpha value is -2.11. The lowest BCUT2D eigenvalue weighted by Crippen LogP contribution is -2.37. The zero-order valence-corrected chi connectivity index (χ0v) is 31.8. The molecule has 2 unspecified atom stereocenters. The number of nitrogens with zero attached hydrogens (tertiary/aromatic N) is 1. The number of aliphatic carboxylic acids is 1. The van der Waals surface area contributed by atoms with E-state index >= 15 is 0 Å². The van der Waals surface area contributed by atoms with E-state index in [1.807, 2.05) is 27.2 Å². The molecule has 0 rings (SSSR count). The summed E-state index contributed by atoms with van der Waals surface area (Å²) in [4.78, 5) is 57.2. The Bertz CT molecular complexity index is 981. The van der Waals surface area contributed by atoms with E-state index in [9.17, 15) is 28.6 Å². The van der Waals surface area contributed by atoms with E-state index < -0.39 is 38.4 Å². The number of hydrogen-bond donors (Lipinski definition) is 2. The highest BCUT2D eigenvalue weighted by Crippen LogP contribution is 2.43. The van der Waals surface area contributed by atoms with Crippen LogP contribution in [0, 0.1) is 0 Å². The lowest BCUT2D eigenvalue weighted by atomic mass is 10.0. The number of rotatable bonds is 34. The van der Waals surface area contributed by atoms with Crippen LogP contribution in [0.4, 0.5) is 0 Å². The minimum absolute atomic E-state index is 0.000766. The fourth-order valence-corrected chi connectivity index (χ4v) is 5.50. The van der Waals surface area contributed by atoms with Crippen LogP contribution >= 0.6 is 7.82 Å². The molecule has 0 saturated heterocycles. The van der Waals surface area contributed by atoms with Crippen molar-refractivity contribution in [2.24, 2.45) is 0 Å². The van der Waals surface area contributed by atoms with Gasteiger partial charge in [0.2, 0.25) is 0 Å². The second-order valence-electron chi connectivity index (χ2n) is 13.8. The highest BCUT2D eigenvalue weighted by atomic mass is 31.2. The summed E-state index contributed by atoms with van der Waals surface area (Å²) in [6, 6.07) is 0. The van der Waals surface area contributed by atoms with Crippen molar-refractivity contribution in [2.45, 2.75) is 148 Å². The molecule has 2 atom stereocenters. The zero-order valence-electron chi connectivity index (χ0n) is 30.9. The molecule has 0 aliphatic rings. The summed E-state index contributed by atoms with van der Waals surface area (Å²) in [6.45, 7) is 1.91. The largest absolute Gasteiger partial charge is 0.481 e. The summed E-state index contributed by atoms with van der Waals surface area (Å²) in [5.41, 5.74) is 0. The maximum Gasteiger partial charge on any atom is 0.472 e. The van der Waals surface area contributed by atoms with Crippen molar-refractivity contribution >= 4 is 31.5 Å². The minimum atomic E-state index is -4.42. The van der Waals surface area contributed by atoms with Gasteiger partial charge < -0.3 is 24.0 Å². The molecule has 0 saturated carbocycles. The van der Waals surface area contributed by atoms with Crippen LogP contribution in [-0.4, -0.2) is 91.8 Å². The second kappa shape index (κ2) is 29.6. The first kappa shape index (κ1) is 46.9. The number of phosphoric ester groups is 1. The smallest absolute Gasteiger partial charge is 0.472 e. The molecule has 0 aromatic carbocycles. The van der Waals surface area contributed by atoms with Gasteiger partial charge in [-0.2, -0.15) is 0 Å². The standard InChI is InChI=1S/C36H66NO11P/c1-5-6-7-8-9-10-11-12-13-14-15-18-21-24-35(41)45-30-33(31-47-49(43,44)46-29-28-37(2,3)4)48-36(42)25-22-19-16-17-20-23-32(38)26-27-34(39)40/h17,20,33H,5-16,18-19,21-31H2,1-4H3,(H-,39,40,43,44)/p+1. The summed E-state index contributed by atoms with van der Waals surface area (Å²) in [7, 11) is 1.32. The number of hydrogen-bond acceptors (Lipinski definition) is 9. The first-order valence-electron chi connectivity index (χ1n) is 18.4. The third-order valence-electron chi connectivity index (χ3n) is 7.78. The molecule has 0 bridgehead atoms. The number of quaternary nitrogens is 1. The summed E-state index contributed by atoms with van der Waals surface area (Å²) < 4.78 is 33.8. The van der Waals surface area contributed by atoms with Crippen LogP contribution in [0.15, 0.2) is 12.2 Å². The molecular formula is C36H67NO11P+. The van der Waals surface area contributed by atoms with Gasteiger partial charge >= 0.3 is 25.7 Å². The number of Topliss-reactive ketones (excluding diaryl/α,β-unsaturated/α-hetero) is 1. The average molecular weight is 721 g/mol. The Balaban J connectivity index is 4.52. The van der Waals surface area contributed by atoms with Crippen LogP contribution in [0.25, 0.3) is 0 Å². The van der Waals surface area contributed by atoms with Gasteiger partial charge in [-0.05, 0) is 25.7 Å². The van der Waals surface area contributed by atoms with E-state index in [1.54, 1.807) is 6.08 Å². The van der Waals surface area contributed by atoms with Gasteiger partial charge in [-0.25, -0.2) is 4.57 Å². The first-order valence-corrected chi connectivity index (χ1v) is 19.9. The molecule has 0 amide bonds. The molecule has 286 valence electrons. The van der Waals surface area contributed by atoms with Gasteiger partial charge in [-0.15, -0.1) is 0 Å². The van der Waals surface area contributed by atoms with E-state index in [2.05, 4.69) is 6.92 Å². The number of carboxylic acids is 1. The van der Waals surface area contributed by atoms with Gasteiger partial charge in [-0.1, -0.05) is 96.1 Å². The molecule has 0 fully saturated rings. The molecule has 12 nitrogen and oxygen atoms in total. The number of unbranched alkanes of at least 4 members (excludes halogenated alkanes) is 14. The van der Waals surface area contributed by atoms with Crippen LogP contribution in [0.2, 0.25) is 0 Å². The Labute approximate surface area is 295 Å². The number of esters is 2. The quantitative estimate of drug-likeness (QED) is 0.0220. The fourth-order valence-electron chi connectivity index (χ4n) is 4.76. The lowest BCUT2D eigenvalue weighted by molar-refractivity contribution is -0.870. The van der Waals surface area contributed by atoms with Gasteiger partial charge in [-0.3, -0.25) is 28.2 Å². The van der Waals surface area contributed by atoms with Gasteiger partial charge in [0, 0.05) is 25.7 Å². The van der Waals surface area contributed by atoms with Gasteiger partial charge in [0.15, 0.2) is 6.10 Å². The van der Waals surface area contributed by atoms with Crippen molar-refractivity contribution in [3.63, 3.8) is 0 Å². The summed E-state index contributed by atoms with van der Waals surface area (Å²) in [5.74, 6) is -2.14. The molecule has 0 radical (unpaired) electrons. The highest BCUT2D eigenvalue weighted by Gasteiger charge is 2.27. The van der Waals surface area contributed by atoms with Crippen molar-refractivity contribution in [1.82, 2.24) is 0 Å². The summed E-state index contributed by atoms with van der Waals surface area (Å²) >= 11 is 0. The predicted octanol–water partition coefficient (Wildman–Crippen LogP) is 7.70. The zero-order chi connectivity index (χ0) is 36.8. The van der Waals surface area contributed by atoms with Crippen LogP contribution in [0.3, 0.4) is 0 Å². The molecule has 0 aromatic rings. The van der Waals surface area contributed by atoms with Crippen molar-refractivity contribution in [1.29, 1.82) is 0 Å². The summed E-state index contributed by atoms with van der Waals surface area (Å²) in [6.07, 6.45) is 20.1. The van der Waals surface area contributed by atoms with E-state index in [4.69, 9.17) is 23.6 Å². The molecular weight excluding hydrogens is 653 g/mol. The number of allylic oxidation sites excluding steroid dienone is 2. The number of phosphoric acid groups is 1. The van der Waals surface area contributed by atoms with E-state index in [0.717, 1.165) is 19.3 Å². The molecule has 13 heteroatoms. The Kier molecular flexibility index (Phi) is 28.3. The third kappa shape index (κ3) is 34.1. The molecule has 0 heterocycles. The number of carbonyl (C=O) groups is 4. The van der Waals surface area contributed by atoms with Crippen molar-refractivity contribution in [3.05, 3.63) is 12.2 Å². The van der Waals surface area contributed by atoms with Gasteiger partial charge in [0.05, 0.1) is 34.2 Å². The van der Waals surface area contributed by atoms with Crippen molar-refractivity contribution < 1.29 is 56.7 Å². The second-order valence-corrected chi connectivity index (χ2v) is 15.2. The van der Waals surface area contributed by atoms with Crippen molar-refractivity contribution in [3.8, 4) is 0 Å². The molecule has 49 heavy (non-hydrogen) atoms. The van der Waals surface area contributed by atoms with Crippen LogP contribution in [-0.2, 0) is 42.3 Å². The maximum absolute atomic E-state index is 12.5. The number of likely N-dealkylation sites (N-methyl/N-ethyl adjacent to an activating group) is 1. The van der Waals surface area contributed by atoms with E-state index in [-0.39, 0.29) is 51.1 Å². The number of carbonyl (C=O) groups excluding carboxylic acids is 3. The Morgan fingerprint density at radius 1 is 0.694 bits per heavy atom. The average Bonchev–Trinajstić information content (AvgIpc) is 3.02. The maximum atomic E-state index is 12.5. The Morgan fingerprint density at radius 2 is 1.24 bits per heavy atom. The number of ether oxygens (including phenoxy) is 2. The van der Waals surface area contributed by atoms with Gasteiger partial charge in [0.25, 0.3) is 0 Å². The van der Waals surface area contributed by atoms with Crippen molar-refractivity contribution in [2.75, 3.05) is 47.5 Å². The van der Waals surface area contributed by atoms with Crippen LogP contribution in [0.5, 0.6) is 0 Å². The van der Waals surface area contributed by atoms with Gasteiger partial charge in [0.1, 0.15) is 25.5 Å². The molecule has 0 aliphatic carbocycles. The Morgan fingerprint density at radius 3 is 1.82 bits per heavy atom.